The third-order valence-electron chi connectivity index (χ3n) is 1.69. The van der Waals surface area contributed by atoms with E-state index in [4.69, 9.17) is 10.1 Å². The van der Waals surface area contributed by atoms with Crippen molar-refractivity contribution in [2.75, 3.05) is 32.8 Å². The molecule has 0 aliphatic carbocycles. The molecule has 1 aliphatic rings. The normalized spacial score (nSPS) is 20.8. The van der Waals surface area contributed by atoms with Crippen molar-refractivity contribution in [3.8, 4) is 0 Å². The third kappa shape index (κ3) is 2.45. The second-order valence-corrected chi connectivity index (χ2v) is 2.45. The molecule has 1 N–H and O–H groups in total. The number of nitrogens with zero attached hydrogens (tertiary/aromatic N) is 1. The fourth-order valence-electron chi connectivity index (χ4n) is 1.07. The van der Waals surface area contributed by atoms with Gasteiger partial charge < -0.3 is 10.1 Å². The summed E-state index contributed by atoms with van der Waals surface area (Å²) < 4.78 is 5.18. The van der Waals surface area contributed by atoms with Gasteiger partial charge in [0.1, 0.15) is 0 Å². The summed E-state index contributed by atoms with van der Waals surface area (Å²) in [6.07, 6.45) is 2.34. The molecule has 0 aromatic carbocycles. The summed E-state index contributed by atoms with van der Waals surface area (Å²) >= 11 is 0. The van der Waals surface area contributed by atoms with Crippen molar-refractivity contribution in [3.05, 3.63) is 0 Å². The molecule has 0 saturated carbocycles. The van der Waals surface area contributed by atoms with Gasteiger partial charge in [-0.15, -0.1) is 0 Å². The van der Waals surface area contributed by atoms with Crippen LogP contribution in [0.25, 0.3) is 0 Å². The zero-order chi connectivity index (χ0) is 7.23. The van der Waals surface area contributed by atoms with Gasteiger partial charge >= 0.3 is 0 Å². The number of morpholine rings is 1. The molecular formula is C7H14N2O. The maximum Gasteiger partial charge on any atom is 0.0594 e. The van der Waals surface area contributed by atoms with Crippen LogP contribution in [0.3, 0.4) is 0 Å². The highest BCUT2D eigenvalue weighted by Gasteiger charge is 2.07. The summed E-state index contributed by atoms with van der Waals surface area (Å²) in [5.41, 5.74) is 0. The zero-order valence-electron chi connectivity index (χ0n) is 6.18. The van der Waals surface area contributed by atoms with E-state index in [0.29, 0.717) is 0 Å². The average molecular weight is 142 g/mol. The van der Waals surface area contributed by atoms with Gasteiger partial charge in [-0.1, -0.05) is 0 Å². The highest BCUT2D eigenvalue weighted by Crippen LogP contribution is 1.96. The van der Waals surface area contributed by atoms with Crippen molar-refractivity contribution in [1.29, 1.82) is 5.41 Å². The van der Waals surface area contributed by atoms with Gasteiger partial charge in [-0.3, -0.25) is 4.90 Å². The fraction of sp³-hybridized carbons (Fsp3) is 0.857. The molecule has 1 saturated heterocycles. The molecule has 3 nitrogen and oxygen atoms in total. The van der Waals surface area contributed by atoms with Crippen LogP contribution >= 0.6 is 0 Å². The maximum atomic E-state index is 6.84. The lowest BCUT2D eigenvalue weighted by Gasteiger charge is -2.25. The number of ether oxygens (including phenoxy) is 1. The summed E-state index contributed by atoms with van der Waals surface area (Å²) in [4.78, 5) is 2.33. The fourth-order valence-corrected chi connectivity index (χ4v) is 1.07. The largest absolute Gasteiger partial charge is 0.379 e. The Kier molecular flexibility index (Phi) is 3.40. The summed E-state index contributed by atoms with van der Waals surface area (Å²) in [6, 6.07) is 0. The first-order valence-corrected chi connectivity index (χ1v) is 3.72. The Balaban J connectivity index is 2.07. The molecule has 0 radical (unpaired) electrons. The number of hydrogen-bond acceptors (Lipinski definition) is 3. The highest BCUT2D eigenvalue weighted by atomic mass is 16.5. The van der Waals surface area contributed by atoms with E-state index in [-0.39, 0.29) is 0 Å². The molecule has 0 amide bonds. The summed E-state index contributed by atoms with van der Waals surface area (Å²) in [7, 11) is 0. The van der Waals surface area contributed by atoms with E-state index in [1.54, 1.807) is 0 Å². The minimum Gasteiger partial charge on any atom is -0.379 e. The number of rotatable bonds is 3. The summed E-state index contributed by atoms with van der Waals surface area (Å²) in [5.74, 6) is 0. The predicted octanol–water partition coefficient (Wildman–Crippen LogP) is 0.358. The first kappa shape index (κ1) is 7.69. The zero-order valence-corrected chi connectivity index (χ0v) is 6.18. The van der Waals surface area contributed by atoms with Crippen LogP contribution in [0, 0.1) is 5.41 Å². The SMILES string of the molecule is N=CCCN1CCOCC1. The second kappa shape index (κ2) is 4.41. The van der Waals surface area contributed by atoms with Crippen LogP contribution in [-0.4, -0.2) is 44.0 Å². The van der Waals surface area contributed by atoms with Crippen LogP contribution in [-0.2, 0) is 4.74 Å². The minimum atomic E-state index is 0.859. The van der Waals surface area contributed by atoms with Crippen molar-refractivity contribution < 1.29 is 4.74 Å². The maximum absolute atomic E-state index is 6.84. The lowest BCUT2D eigenvalue weighted by molar-refractivity contribution is 0.0393. The Morgan fingerprint density at radius 2 is 2.10 bits per heavy atom. The van der Waals surface area contributed by atoms with Crippen molar-refractivity contribution in [2.45, 2.75) is 6.42 Å². The molecule has 0 aromatic rings. The number of nitrogens with one attached hydrogen (secondary N) is 1. The molecule has 1 fully saturated rings. The molecule has 0 bridgehead atoms. The molecule has 58 valence electrons. The minimum absolute atomic E-state index is 0.859. The van der Waals surface area contributed by atoms with Crippen molar-refractivity contribution >= 4 is 6.21 Å². The van der Waals surface area contributed by atoms with Crippen molar-refractivity contribution in [3.63, 3.8) is 0 Å². The summed E-state index contributed by atoms with van der Waals surface area (Å²) in [5, 5.41) is 6.84. The van der Waals surface area contributed by atoms with Crippen LogP contribution < -0.4 is 0 Å². The average Bonchev–Trinajstić information content (AvgIpc) is 2.03. The first-order chi connectivity index (χ1) is 4.93. The molecular weight excluding hydrogens is 128 g/mol. The molecule has 1 rings (SSSR count). The monoisotopic (exact) mass is 142 g/mol. The van der Waals surface area contributed by atoms with E-state index in [1.165, 1.54) is 6.21 Å². The van der Waals surface area contributed by atoms with Gasteiger partial charge in [0.25, 0.3) is 0 Å². The van der Waals surface area contributed by atoms with Gasteiger partial charge in [-0.05, 0) is 12.6 Å². The number of hydrogen-bond donors (Lipinski definition) is 1. The molecule has 0 unspecified atom stereocenters. The van der Waals surface area contributed by atoms with Gasteiger partial charge in [0.05, 0.1) is 13.2 Å². The van der Waals surface area contributed by atoms with Crippen LogP contribution in [0.1, 0.15) is 6.42 Å². The Labute approximate surface area is 61.5 Å². The Bertz CT molecular complexity index is 99.8. The standard InChI is InChI=1S/C7H14N2O/c8-2-1-3-9-4-6-10-7-5-9/h2,8H,1,3-7H2. The smallest absolute Gasteiger partial charge is 0.0594 e. The van der Waals surface area contributed by atoms with Gasteiger partial charge in [-0.25, -0.2) is 0 Å². The van der Waals surface area contributed by atoms with E-state index in [0.717, 1.165) is 39.3 Å². The van der Waals surface area contributed by atoms with Crippen molar-refractivity contribution in [2.24, 2.45) is 0 Å². The first-order valence-electron chi connectivity index (χ1n) is 3.72. The molecule has 0 atom stereocenters. The van der Waals surface area contributed by atoms with Gasteiger partial charge in [0, 0.05) is 19.6 Å². The molecule has 10 heavy (non-hydrogen) atoms. The Morgan fingerprint density at radius 1 is 1.40 bits per heavy atom. The van der Waals surface area contributed by atoms with Crippen molar-refractivity contribution in [1.82, 2.24) is 4.90 Å². The van der Waals surface area contributed by atoms with Gasteiger partial charge in [-0.2, -0.15) is 0 Å². The van der Waals surface area contributed by atoms with E-state index in [1.807, 2.05) is 0 Å². The predicted molar refractivity (Wildman–Crippen MR) is 40.7 cm³/mol. The highest BCUT2D eigenvalue weighted by molar-refractivity contribution is 5.52. The van der Waals surface area contributed by atoms with Crippen LogP contribution in [0.15, 0.2) is 0 Å². The molecule has 1 heterocycles. The van der Waals surface area contributed by atoms with E-state index >= 15 is 0 Å². The lowest BCUT2D eigenvalue weighted by atomic mass is 10.3. The van der Waals surface area contributed by atoms with Crippen LogP contribution in [0.4, 0.5) is 0 Å². The van der Waals surface area contributed by atoms with E-state index < -0.39 is 0 Å². The Hall–Kier alpha value is -0.410. The molecule has 0 aromatic heterocycles. The van der Waals surface area contributed by atoms with Gasteiger partial charge in [0.15, 0.2) is 0 Å². The van der Waals surface area contributed by atoms with Gasteiger partial charge in [0.2, 0.25) is 0 Å². The topological polar surface area (TPSA) is 36.3 Å². The van der Waals surface area contributed by atoms with Crippen LogP contribution in [0.5, 0.6) is 0 Å². The quantitative estimate of drug-likeness (QED) is 0.577. The molecule has 1 aliphatic heterocycles. The second-order valence-electron chi connectivity index (χ2n) is 2.45. The Morgan fingerprint density at radius 3 is 2.70 bits per heavy atom. The summed E-state index contributed by atoms with van der Waals surface area (Å²) in [6.45, 7) is 4.81. The molecule has 0 spiro atoms. The lowest BCUT2D eigenvalue weighted by Crippen LogP contribution is -2.36. The molecule has 3 heteroatoms. The van der Waals surface area contributed by atoms with E-state index in [9.17, 15) is 0 Å². The van der Waals surface area contributed by atoms with Crippen LogP contribution in [0.2, 0.25) is 0 Å². The van der Waals surface area contributed by atoms with E-state index in [2.05, 4.69) is 4.90 Å². The third-order valence-corrected chi connectivity index (χ3v) is 1.69.